The third-order valence-corrected chi connectivity index (χ3v) is 4.03. The maximum absolute atomic E-state index is 11.5. The van der Waals surface area contributed by atoms with Crippen molar-refractivity contribution in [3.63, 3.8) is 0 Å². The molecule has 2 aromatic heterocycles. The first-order chi connectivity index (χ1) is 12.6. The highest BCUT2D eigenvalue weighted by Crippen LogP contribution is 2.31. The Kier molecular flexibility index (Phi) is 5.74. The van der Waals surface area contributed by atoms with Crippen molar-refractivity contribution in [3.05, 3.63) is 63.9 Å². The van der Waals surface area contributed by atoms with E-state index in [-0.39, 0.29) is 17.3 Å². The molecule has 0 amide bonds. The molecule has 2 heterocycles. The molecular weight excluding hydrogens is 402 g/mol. The van der Waals surface area contributed by atoms with Crippen LogP contribution < -0.4 is 10.6 Å². The molecule has 0 aliphatic heterocycles. The van der Waals surface area contributed by atoms with Gasteiger partial charge in [0.05, 0.1) is 11.3 Å². The van der Waals surface area contributed by atoms with Crippen molar-refractivity contribution in [3.8, 4) is 0 Å². The van der Waals surface area contributed by atoms with Crippen molar-refractivity contribution in [1.82, 2.24) is 19.5 Å². The van der Waals surface area contributed by atoms with E-state index in [4.69, 9.17) is 0 Å². The van der Waals surface area contributed by atoms with E-state index >= 15 is 0 Å². The Labute approximate surface area is 157 Å². The lowest BCUT2D eigenvalue weighted by molar-refractivity contribution is -0.383. The van der Waals surface area contributed by atoms with Crippen LogP contribution in [0.25, 0.3) is 0 Å². The standard InChI is InChI=1S/C16H16BrN7O2/c17-12-3-1-4-13(9-12)22-16-14(24(25)26)15(20-10-21-16)19-5-2-7-23-8-6-18-11-23/h1,3-4,6,8-11H,2,5,7H2,(H2,19,20,21,22). The number of rotatable bonds is 8. The van der Waals surface area contributed by atoms with E-state index in [2.05, 4.69) is 41.5 Å². The zero-order valence-corrected chi connectivity index (χ0v) is 15.3. The van der Waals surface area contributed by atoms with Crippen LogP contribution in [0.5, 0.6) is 0 Å². The number of hydrogen-bond acceptors (Lipinski definition) is 7. The third kappa shape index (κ3) is 4.54. The Hall–Kier alpha value is -3.01. The molecule has 0 radical (unpaired) electrons. The van der Waals surface area contributed by atoms with Gasteiger partial charge in [-0.25, -0.2) is 15.0 Å². The van der Waals surface area contributed by atoms with E-state index in [1.54, 1.807) is 18.6 Å². The van der Waals surface area contributed by atoms with Gasteiger partial charge < -0.3 is 15.2 Å². The number of hydrogen-bond donors (Lipinski definition) is 2. The molecule has 134 valence electrons. The number of nitro groups is 1. The molecule has 26 heavy (non-hydrogen) atoms. The van der Waals surface area contributed by atoms with Crippen LogP contribution >= 0.6 is 15.9 Å². The Morgan fingerprint density at radius 3 is 2.85 bits per heavy atom. The van der Waals surface area contributed by atoms with E-state index in [9.17, 15) is 10.1 Å². The number of imidazole rings is 1. The number of nitrogens with zero attached hydrogens (tertiary/aromatic N) is 5. The number of benzene rings is 1. The van der Waals surface area contributed by atoms with Crippen LogP contribution in [0.3, 0.4) is 0 Å². The van der Waals surface area contributed by atoms with Gasteiger partial charge in [0.2, 0.25) is 11.6 Å². The van der Waals surface area contributed by atoms with Gasteiger partial charge in [0.1, 0.15) is 6.33 Å². The summed E-state index contributed by atoms with van der Waals surface area (Å²) in [5, 5.41) is 17.5. The molecule has 2 N–H and O–H groups in total. The molecule has 0 atom stereocenters. The number of aryl methyl sites for hydroxylation is 1. The molecule has 0 aliphatic carbocycles. The number of halogens is 1. The molecule has 10 heteroatoms. The molecule has 0 spiro atoms. The minimum atomic E-state index is -0.488. The van der Waals surface area contributed by atoms with Crippen LogP contribution in [0.2, 0.25) is 0 Å². The van der Waals surface area contributed by atoms with Gasteiger partial charge in [-0.05, 0) is 24.6 Å². The monoisotopic (exact) mass is 417 g/mol. The van der Waals surface area contributed by atoms with Gasteiger partial charge in [-0.3, -0.25) is 10.1 Å². The van der Waals surface area contributed by atoms with E-state index in [0.717, 1.165) is 17.4 Å². The number of aromatic nitrogens is 4. The fourth-order valence-corrected chi connectivity index (χ4v) is 2.76. The average Bonchev–Trinajstić information content (AvgIpc) is 3.12. The summed E-state index contributed by atoms with van der Waals surface area (Å²) in [4.78, 5) is 23.1. The summed E-state index contributed by atoms with van der Waals surface area (Å²) >= 11 is 3.37. The maximum atomic E-state index is 11.5. The molecule has 0 fully saturated rings. The topological polar surface area (TPSA) is 111 Å². The fourth-order valence-electron chi connectivity index (χ4n) is 2.36. The van der Waals surface area contributed by atoms with Crippen LogP contribution in [0, 0.1) is 10.1 Å². The first kappa shape index (κ1) is 17.8. The Bertz CT molecular complexity index is 886. The van der Waals surface area contributed by atoms with E-state index in [1.165, 1.54) is 6.33 Å². The second kappa shape index (κ2) is 8.39. The first-order valence-corrected chi connectivity index (χ1v) is 8.64. The highest BCUT2D eigenvalue weighted by atomic mass is 79.9. The molecule has 0 saturated carbocycles. The van der Waals surface area contributed by atoms with Crippen molar-refractivity contribution >= 4 is 38.9 Å². The largest absolute Gasteiger partial charge is 0.364 e. The van der Waals surface area contributed by atoms with Crippen molar-refractivity contribution in [2.24, 2.45) is 0 Å². The minimum Gasteiger partial charge on any atom is -0.364 e. The predicted molar refractivity (Wildman–Crippen MR) is 101 cm³/mol. The summed E-state index contributed by atoms with van der Waals surface area (Å²) < 4.78 is 2.80. The van der Waals surface area contributed by atoms with E-state index < -0.39 is 4.92 Å². The smallest absolute Gasteiger partial charge is 0.353 e. The quantitative estimate of drug-likeness (QED) is 0.327. The van der Waals surface area contributed by atoms with Gasteiger partial charge in [0.25, 0.3) is 0 Å². The van der Waals surface area contributed by atoms with E-state index in [0.29, 0.717) is 12.2 Å². The van der Waals surface area contributed by atoms with Crippen LogP contribution in [0.1, 0.15) is 6.42 Å². The maximum Gasteiger partial charge on any atom is 0.353 e. The van der Waals surface area contributed by atoms with Gasteiger partial charge in [0, 0.05) is 35.6 Å². The Morgan fingerprint density at radius 2 is 2.12 bits per heavy atom. The van der Waals surface area contributed by atoms with Gasteiger partial charge in [-0.15, -0.1) is 0 Å². The second-order valence-electron chi connectivity index (χ2n) is 5.39. The molecule has 0 unspecified atom stereocenters. The van der Waals surface area contributed by atoms with Crippen molar-refractivity contribution < 1.29 is 4.92 Å². The highest BCUT2D eigenvalue weighted by molar-refractivity contribution is 9.10. The Morgan fingerprint density at radius 1 is 1.27 bits per heavy atom. The third-order valence-electron chi connectivity index (χ3n) is 3.54. The lowest BCUT2D eigenvalue weighted by Gasteiger charge is -2.10. The van der Waals surface area contributed by atoms with E-state index in [1.807, 2.05) is 29.0 Å². The molecule has 9 nitrogen and oxygen atoms in total. The highest BCUT2D eigenvalue weighted by Gasteiger charge is 2.22. The summed E-state index contributed by atoms with van der Waals surface area (Å²) in [6, 6.07) is 7.31. The second-order valence-corrected chi connectivity index (χ2v) is 6.31. The van der Waals surface area contributed by atoms with Gasteiger partial charge in [-0.1, -0.05) is 22.0 Å². The Balaban J connectivity index is 1.72. The molecule has 0 bridgehead atoms. The summed E-state index contributed by atoms with van der Waals surface area (Å²) in [6.07, 6.45) is 7.38. The van der Waals surface area contributed by atoms with Crippen LogP contribution in [0.4, 0.5) is 23.0 Å². The molecule has 3 aromatic rings. The van der Waals surface area contributed by atoms with Crippen LogP contribution in [-0.2, 0) is 6.54 Å². The molecule has 0 aliphatic rings. The number of nitrogens with one attached hydrogen (secondary N) is 2. The summed E-state index contributed by atoms with van der Waals surface area (Å²) in [7, 11) is 0. The minimum absolute atomic E-state index is 0.139. The molecule has 3 rings (SSSR count). The number of anilines is 3. The first-order valence-electron chi connectivity index (χ1n) is 7.85. The zero-order chi connectivity index (χ0) is 18.4. The summed E-state index contributed by atoms with van der Waals surface area (Å²) in [5.74, 6) is 0.327. The van der Waals surface area contributed by atoms with Crippen molar-refractivity contribution in [2.45, 2.75) is 13.0 Å². The molecule has 0 saturated heterocycles. The van der Waals surface area contributed by atoms with Crippen molar-refractivity contribution in [2.75, 3.05) is 17.2 Å². The lowest BCUT2D eigenvalue weighted by Crippen LogP contribution is -2.10. The summed E-state index contributed by atoms with van der Waals surface area (Å²) in [5.41, 5.74) is 0.502. The lowest BCUT2D eigenvalue weighted by atomic mass is 10.3. The SMILES string of the molecule is O=[N+]([O-])c1c(NCCCn2ccnc2)ncnc1Nc1cccc(Br)c1. The average molecular weight is 418 g/mol. The fraction of sp³-hybridized carbons (Fsp3) is 0.188. The van der Waals surface area contributed by atoms with Gasteiger partial charge >= 0.3 is 5.69 Å². The summed E-state index contributed by atoms with van der Waals surface area (Å²) in [6.45, 7) is 1.29. The molecule has 1 aromatic carbocycles. The molecular formula is C16H16BrN7O2. The van der Waals surface area contributed by atoms with Crippen LogP contribution in [-0.4, -0.2) is 31.0 Å². The zero-order valence-electron chi connectivity index (χ0n) is 13.7. The van der Waals surface area contributed by atoms with Gasteiger partial charge in [0.15, 0.2) is 0 Å². The normalized spacial score (nSPS) is 10.5. The van der Waals surface area contributed by atoms with Crippen molar-refractivity contribution in [1.29, 1.82) is 0 Å². The van der Waals surface area contributed by atoms with Gasteiger partial charge in [-0.2, -0.15) is 0 Å². The predicted octanol–water partition coefficient (Wildman–Crippen LogP) is 3.59. The van der Waals surface area contributed by atoms with Crippen LogP contribution in [0.15, 0.2) is 53.8 Å².